The predicted octanol–water partition coefficient (Wildman–Crippen LogP) is 3.13. The van der Waals surface area contributed by atoms with Crippen LogP contribution in [0.5, 0.6) is 5.75 Å². The van der Waals surface area contributed by atoms with Crippen molar-refractivity contribution in [2.24, 2.45) is 11.3 Å². The lowest BCUT2D eigenvalue weighted by Gasteiger charge is -2.43. The second-order valence-electron chi connectivity index (χ2n) is 9.24. The Morgan fingerprint density at radius 3 is 2.54 bits per heavy atom. The number of aryl methyl sites for hydroxylation is 1. The molecule has 154 valence electrons. The molecule has 2 fully saturated rings. The number of benzene rings is 1. The highest BCUT2D eigenvalue weighted by atomic mass is 16.5. The normalized spacial score (nSPS) is 27.8. The lowest BCUT2D eigenvalue weighted by atomic mass is 9.64. The monoisotopic (exact) mass is 388 g/mol. The first-order valence-corrected chi connectivity index (χ1v) is 10.2. The van der Waals surface area contributed by atoms with E-state index in [9.17, 15) is 14.7 Å². The number of ether oxygens (including phenoxy) is 1. The molecular weight excluding hydrogens is 356 g/mol. The standard InChI is InChI=1S/C22H32N2O4/c1-5-16-6-8-18(9-7-16)28-13-17(25)12-24-19(26)22(23-20(24)27)11-15(2)10-21(3,4)14-22/h6-9,15,17,25H,5,10-14H2,1-4H3,(H,23,27)/t15-,17+,22-/m0/s1. The van der Waals surface area contributed by atoms with E-state index in [-0.39, 0.29) is 24.5 Å². The number of nitrogens with one attached hydrogen (secondary N) is 1. The van der Waals surface area contributed by atoms with Crippen LogP contribution in [-0.2, 0) is 11.2 Å². The minimum atomic E-state index is -0.940. The Balaban J connectivity index is 1.60. The average Bonchev–Trinajstić information content (AvgIpc) is 2.82. The first kappa shape index (κ1) is 20.6. The van der Waals surface area contributed by atoms with Crippen molar-refractivity contribution < 1.29 is 19.4 Å². The molecule has 1 spiro atoms. The van der Waals surface area contributed by atoms with Crippen molar-refractivity contribution in [1.29, 1.82) is 0 Å². The Morgan fingerprint density at radius 2 is 1.93 bits per heavy atom. The number of nitrogens with zero attached hydrogens (tertiary/aromatic N) is 1. The van der Waals surface area contributed by atoms with Crippen LogP contribution < -0.4 is 10.1 Å². The molecule has 1 saturated heterocycles. The number of carbonyl (C=O) groups excluding carboxylic acids is 2. The lowest BCUT2D eigenvalue weighted by Crippen LogP contribution is -2.54. The van der Waals surface area contributed by atoms with E-state index in [0.29, 0.717) is 24.5 Å². The molecule has 3 amide bonds. The Morgan fingerprint density at radius 1 is 1.25 bits per heavy atom. The quantitative estimate of drug-likeness (QED) is 0.734. The van der Waals surface area contributed by atoms with Gasteiger partial charge in [-0.05, 0) is 54.7 Å². The second-order valence-corrected chi connectivity index (χ2v) is 9.24. The number of hydrogen-bond acceptors (Lipinski definition) is 4. The van der Waals surface area contributed by atoms with Crippen LogP contribution in [0.25, 0.3) is 0 Å². The van der Waals surface area contributed by atoms with Crippen molar-refractivity contribution in [2.45, 2.75) is 65.0 Å². The van der Waals surface area contributed by atoms with Gasteiger partial charge in [-0.25, -0.2) is 4.79 Å². The third-order valence-corrected chi connectivity index (χ3v) is 5.79. The Bertz CT molecular complexity index is 731. The van der Waals surface area contributed by atoms with Gasteiger partial charge in [-0.15, -0.1) is 0 Å². The minimum absolute atomic E-state index is 0.0109. The Labute approximate surface area is 167 Å². The van der Waals surface area contributed by atoms with Crippen LogP contribution in [0.2, 0.25) is 0 Å². The summed E-state index contributed by atoms with van der Waals surface area (Å²) in [5.74, 6) is 0.795. The smallest absolute Gasteiger partial charge is 0.325 e. The van der Waals surface area contributed by atoms with Gasteiger partial charge in [0, 0.05) is 0 Å². The highest BCUT2D eigenvalue weighted by Crippen LogP contribution is 2.46. The second kappa shape index (κ2) is 7.74. The molecule has 6 nitrogen and oxygen atoms in total. The van der Waals surface area contributed by atoms with E-state index in [2.05, 4.69) is 33.0 Å². The number of aliphatic hydroxyl groups excluding tert-OH is 1. The van der Waals surface area contributed by atoms with Gasteiger partial charge in [0.2, 0.25) is 0 Å². The zero-order valence-corrected chi connectivity index (χ0v) is 17.3. The minimum Gasteiger partial charge on any atom is -0.491 e. The molecule has 0 radical (unpaired) electrons. The van der Waals surface area contributed by atoms with Crippen LogP contribution in [0.4, 0.5) is 4.79 Å². The first-order chi connectivity index (χ1) is 13.1. The molecule has 0 unspecified atom stereocenters. The SMILES string of the molecule is CCc1ccc(OC[C@H](O)CN2C(=O)N[C@]3(C[C@@H](C)CC(C)(C)C3)C2=O)cc1. The fraction of sp³-hybridized carbons (Fsp3) is 0.636. The van der Waals surface area contributed by atoms with Gasteiger partial charge in [-0.2, -0.15) is 0 Å². The number of β-amino-alcohol motifs (C(OH)–C–C–N with tert-alkyl or cyclic N) is 1. The van der Waals surface area contributed by atoms with Crippen molar-refractivity contribution in [2.75, 3.05) is 13.2 Å². The van der Waals surface area contributed by atoms with Gasteiger partial charge >= 0.3 is 6.03 Å². The molecule has 1 aromatic carbocycles. The molecule has 3 atom stereocenters. The summed E-state index contributed by atoms with van der Waals surface area (Å²) in [5, 5.41) is 13.3. The van der Waals surface area contributed by atoms with Crippen LogP contribution in [0.3, 0.4) is 0 Å². The van der Waals surface area contributed by atoms with Gasteiger partial charge in [-0.3, -0.25) is 9.69 Å². The summed E-state index contributed by atoms with van der Waals surface area (Å²) in [6.45, 7) is 8.44. The van der Waals surface area contributed by atoms with Gasteiger partial charge in [0.1, 0.15) is 24.0 Å². The number of carbonyl (C=O) groups is 2. The zero-order valence-electron chi connectivity index (χ0n) is 17.3. The van der Waals surface area contributed by atoms with Crippen LogP contribution in [0.1, 0.15) is 52.5 Å². The molecule has 1 heterocycles. The van der Waals surface area contributed by atoms with Crippen LogP contribution in [0, 0.1) is 11.3 Å². The van der Waals surface area contributed by atoms with E-state index >= 15 is 0 Å². The maximum atomic E-state index is 13.1. The van der Waals surface area contributed by atoms with Crippen molar-refractivity contribution in [3.63, 3.8) is 0 Å². The maximum Gasteiger partial charge on any atom is 0.325 e. The predicted molar refractivity (Wildman–Crippen MR) is 107 cm³/mol. The summed E-state index contributed by atoms with van der Waals surface area (Å²) >= 11 is 0. The molecule has 2 aliphatic rings. The molecule has 6 heteroatoms. The first-order valence-electron chi connectivity index (χ1n) is 10.2. The highest BCUT2D eigenvalue weighted by Gasteiger charge is 2.56. The molecule has 28 heavy (non-hydrogen) atoms. The molecule has 1 aromatic rings. The molecular formula is C22H32N2O4. The largest absolute Gasteiger partial charge is 0.491 e. The van der Waals surface area contributed by atoms with E-state index in [4.69, 9.17) is 4.74 Å². The van der Waals surface area contributed by atoms with Crippen molar-refractivity contribution in [3.8, 4) is 5.75 Å². The third-order valence-electron chi connectivity index (χ3n) is 5.79. The summed E-state index contributed by atoms with van der Waals surface area (Å²) in [6, 6.07) is 7.27. The van der Waals surface area contributed by atoms with Crippen LogP contribution in [0.15, 0.2) is 24.3 Å². The number of amides is 3. The van der Waals surface area contributed by atoms with Crippen molar-refractivity contribution >= 4 is 11.9 Å². The highest BCUT2D eigenvalue weighted by molar-refractivity contribution is 6.07. The van der Waals surface area contributed by atoms with Gasteiger partial charge in [0.25, 0.3) is 5.91 Å². The van der Waals surface area contributed by atoms with E-state index in [1.165, 1.54) is 5.56 Å². The number of aliphatic hydroxyl groups is 1. The third kappa shape index (κ3) is 4.32. The number of imide groups is 1. The fourth-order valence-corrected chi connectivity index (χ4v) is 4.95. The van der Waals surface area contributed by atoms with Gasteiger partial charge in [-0.1, -0.05) is 39.8 Å². The Hall–Kier alpha value is -2.08. The van der Waals surface area contributed by atoms with Crippen LogP contribution in [-0.4, -0.2) is 46.7 Å². The number of urea groups is 1. The summed E-state index contributed by atoms with van der Waals surface area (Å²) in [5.41, 5.74) is 0.361. The molecule has 1 saturated carbocycles. The van der Waals surface area contributed by atoms with E-state index < -0.39 is 17.7 Å². The molecule has 1 aliphatic carbocycles. The Kier molecular flexibility index (Phi) is 5.71. The fourth-order valence-electron chi connectivity index (χ4n) is 4.95. The summed E-state index contributed by atoms with van der Waals surface area (Å²) in [6.07, 6.45) is 2.32. The van der Waals surface area contributed by atoms with Gasteiger partial charge in [0.15, 0.2) is 0 Å². The lowest BCUT2D eigenvalue weighted by molar-refractivity contribution is -0.135. The summed E-state index contributed by atoms with van der Waals surface area (Å²) in [4.78, 5) is 26.8. The average molecular weight is 389 g/mol. The van der Waals surface area contributed by atoms with E-state index in [1.54, 1.807) is 0 Å². The zero-order chi connectivity index (χ0) is 20.5. The van der Waals surface area contributed by atoms with Crippen molar-refractivity contribution in [3.05, 3.63) is 29.8 Å². The molecule has 1 aliphatic heterocycles. The summed E-state index contributed by atoms with van der Waals surface area (Å²) < 4.78 is 5.62. The van der Waals surface area contributed by atoms with Crippen LogP contribution >= 0.6 is 0 Å². The molecule has 2 N–H and O–H groups in total. The summed E-state index contributed by atoms with van der Waals surface area (Å²) in [7, 11) is 0. The van der Waals surface area contributed by atoms with E-state index in [0.717, 1.165) is 17.7 Å². The van der Waals surface area contributed by atoms with Crippen molar-refractivity contribution in [1.82, 2.24) is 10.2 Å². The van der Waals surface area contributed by atoms with E-state index in [1.807, 2.05) is 24.3 Å². The number of rotatable bonds is 6. The maximum absolute atomic E-state index is 13.1. The topological polar surface area (TPSA) is 78.9 Å². The van der Waals surface area contributed by atoms with Gasteiger partial charge in [0.05, 0.1) is 6.54 Å². The molecule has 0 bridgehead atoms. The number of hydrogen-bond donors (Lipinski definition) is 2. The van der Waals surface area contributed by atoms with Gasteiger partial charge < -0.3 is 15.2 Å². The molecule has 0 aromatic heterocycles. The molecule has 3 rings (SSSR count).